The van der Waals surface area contributed by atoms with Gasteiger partial charge in [-0.15, -0.1) is 0 Å². The molecule has 0 spiro atoms. The number of rotatable bonds is 2. The van der Waals surface area contributed by atoms with Gasteiger partial charge >= 0.3 is 0 Å². The summed E-state index contributed by atoms with van der Waals surface area (Å²) in [7, 11) is 0. The highest BCUT2D eigenvalue weighted by Gasteiger charge is 2.17. The van der Waals surface area contributed by atoms with Gasteiger partial charge < -0.3 is 10.2 Å². The molecule has 2 rings (SSSR count). The second kappa shape index (κ2) is 4.15. The van der Waals surface area contributed by atoms with E-state index in [9.17, 15) is 0 Å². The van der Waals surface area contributed by atoms with Gasteiger partial charge in [-0.3, -0.25) is 4.90 Å². The molecule has 1 fully saturated rings. The number of furan rings is 1. The zero-order valence-electron chi connectivity index (χ0n) is 8.70. The van der Waals surface area contributed by atoms with Crippen molar-refractivity contribution in [3.05, 3.63) is 23.7 Å². The average molecular weight is 194 g/mol. The molecule has 1 aliphatic rings. The Bertz CT molecular complexity index is 295. The number of hydrogen-bond donors (Lipinski definition) is 1. The van der Waals surface area contributed by atoms with Crippen LogP contribution in [-0.4, -0.2) is 24.0 Å². The maximum Gasteiger partial charge on any atom is 0.118 e. The number of nitrogens with two attached hydrogens (primary N) is 1. The Morgan fingerprint density at radius 2 is 2.43 bits per heavy atom. The van der Waals surface area contributed by atoms with Crippen molar-refractivity contribution >= 4 is 0 Å². The summed E-state index contributed by atoms with van der Waals surface area (Å²) in [6, 6.07) is 4.41. The third-order valence-corrected chi connectivity index (χ3v) is 2.72. The van der Waals surface area contributed by atoms with Crippen molar-refractivity contribution in [1.82, 2.24) is 4.90 Å². The maximum absolute atomic E-state index is 5.91. The van der Waals surface area contributed by atoms with E-state index in [0.717, 1.165) is 37.6 Å². The van der Waals surface area contributed by atoms with Crippen molar-refractivity contribution < 1.29 is 4.42 Å². The van der Waals surface area contributed by atoms with Crippen LogP contribution in [-0.2, 0) is 6.54 Å². The molecule has 1 aromatic rings. The summed E-state index contributed by atoms with van der Waals surface area (Å²) in [5, 5.41) is 0. The summed E-state index contributed by atoms with van der Waals surface area (Å²) in [5.74, 6) is 2.04. The van der Waals surface area contributed by atoms with E-state index in [1.165, 1.54) is 6.42 Å². The topological polar surface area (TPSA) is 42.4 Å². The van der Waals surface area contributed by atoms with Crippen LogP contribution in [0.15, 0.2) is 16.5 Å². The van der Waals surface area contributed by atoms with Gasteiger partial charge in [0.15, 0.2) is 0 Å². The molecule has 0 bridgehead atoms. The van der Waals surface area contributed by atoms with Crippen LogP contribution in [0.25, 0.3) is 0 Å². The van der Waals surface area contributed by atoms with E-state index in [-0.39, 0.29) is 0 Å². The second-order valence-electron chi connectivity index (χ2n) is 4.15. The first kappa shape index (κ1) is 9.74. The molecular formula is C11H18N2O. The first-order chi connectivity index (χ1) is 6.74. The Balaban J connectivity index is 1.90. The number of aryl methyl sites for hydroxylation is 1. The third kappa shape index (κ3) is 2.36. The molecule has 0 amide bonds. The summed E-state index contributed by atoms with van der Waals surface area (Å²) < 4.78 is 5.54. The van der Waals surface area contributed by atoms with Crippen LogP contribution >= 0.6 is 0 Å². The minimum Gasteiger partial charge on any atom is -0.465 e. The predicted molar refractivity (Wildman–Crippen MR) is 55.9 cm³/mol. The Hall–Kier alpha value is -0.800. The standard InChI is InChI=1S/C11H18N2O/c1-9-4-5-11(14-9)8-13-6-2-3-10(12)7-13/h4-5,10H,2-3,6-8,12H2,1H3/t10-/m1/s1. The minimum atomic E-state index is 0.347. The molecule has 0 unspecified atom stereocenters. The van der Waals surface area contributed by atoms with Gasteiger partial charge in [0.05, 0.1) is 6.54 Å². The molecule has 0 aliphatic carbocycles. The van der Waals surface area contributed by atoms with E-state index < -0.39 is 0 Å². The van der Waals surface area contributed by atoms with Gasteiger partial charge in [-0.1, -0.05) is 0 Å². The largest absolute Gasteiger partial charge is 0.465 e. The Morgan fingerprint density at radius 3 is 3.07 bits per heavy atom. The van der Waals surface area contributed by atoms with Gasteiger partial charge in [0.25, 0.3) is 0 Å². The Morgan fingerprint density at radius 1 is 1.57 bits per heavy atom. The number of likely N-dealkylation sites (tertiary alicyclic amines) is 1. The van der Waals surface area contributed by atoms with Crippen molar-refractivity contribution in [2.24, 2.45) is 5.73 Å². The fraction of sp³-hybridized carbons (Fsp3) is 0.636. The first-order valence-electron chi connectivity index (χ1n) is 5.27. The normalized spacial score (nSPS) is 24.0. The highest BCUT2D eigenvalue weighted by molar-refractivity contribution is 5.05. The van der Waals surface area contributed by atoms with E-state index in [1.807, 2.05) is 13.0 Å². The first-order valence-corrected chi connectivity index (χ1v) is 5.27. The minimum absolute atomic E-state index is 0.347. The maximum atomic E-state index is 5.91. The fourth-order valence-corrected chi connectivity index (χ4v) is 2.03. The number of piperidine rings is 1. The molecule has 2 heterocycles. The molecule has 0 radical (unpaired) electrons. The Kier molecular flexibility index (Phi) is 2.89. The van der Waals surface area contributed by atoms with Crippen LogP contribution in [0.2, 0.25) is 0 Å². The van der Waals surface area contributed by atoms with Gasteiger partial charge in [0, 0.05) is 12.6 Å². The van der Waals surface area contributed by atoms with Gasteiger partial charge in [-0.2, -0.15) is 0 Å². The van der Waals surface area contributed by atoms with E-state index in [4.69, 9.17) is 10.2 Å². The van der Waals surface area contributed by atoms with Crippen molar-refractivity contribution in [3.63, 3.8) is 0 Å². The van der Waals surface area contributed by atoms with E-state index in [1.54, 1.807) is 0 Å². The van der Waals surface area contributed by atoms with Crippen molar-refractivity contribution in [2.75, 3.05) is 13.1 Å². The average Bonchev–Trinajstić information content (AvgIpc) is 2.51. The Labute approximate surface area is 84.9 Å². The van der Waals surface area contributed by atoms with E-state index in [0.29, 0.717) is 6.04 Å². The highest BCUT2D eigenvalue weighted by Crippen LogP contribution is 2.14. The fourth-order valence-electron chi connectivity index (χ4n) is 2.03. The summed E-state index contributed by atoms with van der Waals surface area (Å²) in [5.41, 5.74) is 5.91. The molecule has 2 N–H and O–H groups in total. The zero-order chi connectivity index (χ0) is 9.97. The van der Waals surface area contributed by atoms with Crippen molar-refractivity contribution in [3.8, 4) is 0 Å². The van der Waals surface area contributed by atoms with Gasteiger partial charge in [0.2, 0.25) is 0 Å². The third-order valence-electron chi connectivity index (χ3n) is 2.72. The molecule has 1 aromatic heterocycles. The van der Waals surface area contributed by atoms with Crippen LogP contribution in [0.3, 0.4) is 0 Å². The second-order valence-corrected chi connectivity index (χ2v) is 4.15. The summed E-state index contributed by atoms with van der Waals surface area (Å²) in [6.45, 7) is 5.03. The smallest absolute Gasteiger partial charge is 0.118 e. The summed E-state index contributed by atoms with van der Waals surface area (Å²) in [6.07, 6.45) is 2.37. The lowest BCUT2D eigenvalue weighted by Gasteiger charge is -2.29. The van der Waals surface area contributed by atoms with Crippen molar-refractivity contribution in [1.29, 1.82) is 0 Å². The lowest BCUT2D eigenvalue weighted by atomic mass is 10.1. The molecule has 78 valence electrons. The van der Waals surface area contributed by atoms with Crippen molar-refractivity contribution in [2.45, 2.75) is 32.4 Å². The number of nitrogens with zero attached hydrogens (tertiary/aromatic N) is 1. The van der Waals surface area contributed by atoms with Gasteiger partial charge in [-0.05, 0) is 38.4 Å². The van der Waals surface area contributed by atoms with Crippen LogP contribution in [0.5, 0.6) is 0 Å². The van der Waals surface area contributed by atoms with Crippen LogP contribution in [0.1, 0.15) is 24.4 Å². The molecule has 3 heteroatoms. The summed E-state index contributed by atoms with van der Waals surface area (Å²) in [4.78, 5) is 2.37. The van der Waals surface area contributed by atoms with Gasteiger partial charge in [-0.25, -0.2) is 0 Å². The highest BCUT2D eigenvalue weighted by atomic mass is 16.3. The van der Waals surface area contributed by atoms with Gasteiger partial charge in [0.1, 0.15) is 11.5 Å². The molecule has 1 saturated heterocycles. The molecule has 0 aromatic carbocycles. The molecule has 14 heavy (non-hydrogen) atoms. The van der Waals surface area contributed by atoms with E-state index >= 15 is 0 Å². The van der Waals surface area contributed by atoms with E-state index in [2.05, 4.69) is 11.0 Å². The van der Waals surface area contributed by atoms with Crippen LogP contribution in [0.4, 0.5) is 0 Å². The lowest BCUT2D eigenvalue weighted by Crippen LogP contribution is -2.42. The monoisotopic (exact) mass is 194 g/mol. The molecule has 1 atom stereocenters. The van der Waals surface area contributed by atoms with Crippen LogP contribution < -0.4 is 5.73 Å². The molecule has 0 saturated carbocycles. The molecule has 3 nitrogen and oxygen atoms in total. The predicted octanol–water partition coefficient (Wildman–Crippen LogP) is 1.51. The quantitative estimate of drug-likeness (QED) is 0.776. The number of hydrogen-bond acceptors (Lipinski definition) is 3. The lowest BCUT2D eigenvalue weighted by molar-refractivity contribution is 0.187. The SMILES string of the molecule is Cc1ccc(CN2CCC[C@@H](N)C2)o1. The zero-order valence-corrected chi connectivity index (χ0v) is 8.70. The molecule has 1 aliphatic heterocycles. The van der Waals surface area contributed by atoms with Crippen LogP contribution in [0, 0.1) is 6.92 Å². The summed E-state index contributed by atoms with van der Waals surface area (Å²) >= 11 is 0. The molecular weight excluding hydrogens is 176 g/mol.